The van der Waals surface area contributed by atoms with Gasteiger partial charge >= 0.3 is 0 Å². The minimum absolute atomic E-state index is 0.292. The summed E-state index contributed by atoms with van der Waals surface area (Å²) in [6.07, 6.45) is 8.99. The van der Waals surface area contributed by atoms with Crippen molar-refractivity contribution in [3.63, 3.8) is 0 Å². The van der Waals surface area contributed by atoms with Crippen LogP contribution >= 0.6 is 0 Å². The molecule has 0 saturated carbocycles. The first-order valence-corrected chi connectivity index (χ1v) is 6.33. The molecular weight excluding hydrogens is 184 g/mol. The van der Waals surface area contributed by atoms with Crippen molar-refractivity contribution in [1.29, 1.82) is 0 Å². The average Bonchev–Trinajstić information content (AvgIpc) is 2.13. The van der Waals surface area contributed by atoms with Gasteiger partial charge in [-0.3, -0.25) is 4.79 Å². The van der Waals surface area contributed by atoms with Crippen molar-refractivity contribution in [2.75, 3.05) is 0 Å². The molecule has 0 spiro atoms. The van der Waals surface area contributed by atoms with Gasteiger partial charge in [-0.15, -0.1) is 0 Å². The standard InChI is InChI=1S/C14H22O/c1-14(2)9-5-7-11-6-3-4-8-12(15)10-13(11)14/h3-10H2,1-2H3. The molecule has 0 saturated heterocycles. The number of hydrogen-bond acceptors (Lipinski definition) is 1. The zero-order chi connectivity index (χ0) is 10.9. The topological polar surface area (TPSA) is 17.1 Å². The van der Waals surface area contributed by atoms with Gasteiger partial charge in [0.25, 0.3) is 0 Å². The third-order valence-corrected chi connectivity index (χ3v) is 4.08. The molecule has 0 aromatic carbocycles. The van der Waals surface area contributed by atoms with E-state index in [0.717, 1.165) is 19.3 Å². The summed E-state index contributed by atoms with van der Waals surface area (Å²) in [5.41, 5.74) is 3.42. The van der Waals surface area contributed by atoms with Gasteiger partial charge in [0.2, 0.25) is 0 Å². The number of rotatable bonds is 0. The lowest BCUT2D eigenvalue weighted by Gasteiger charge is -2.36. The van der Waals surface area contributed by atoms with E-state index in [1.54, 1.807) is 5.57 Å². The van der Waals surface area contributed by atoms with E-state index < -0.39 is 0 Å². The molecule has 0 fully saturated rings. The molecule has 2 rings (SSSR count). The maximum Gasteiger partial charge on any atom is 0.136 e. The second kappa shape index (κ2) is 4.11. The van der Waals surface area contributed by atoms with E-state index >= 15 is 0 Å². The summed E-state index contributed by atoms with van der Waals surface area (Å²) in [5, 5.41) is 0. The Morgan fingerprint density at radius 3 is 2.47 bits per heavy atom. The van der Waals surface area contributed by atoms with Crippen LogP contribution in [0.4, 0.5) is 0 Å². The first-order chi connectivity index (χ1) is 7.09. The highest BCUT2D eigenvalue weighted by molar-refractivity contribution is 5.81. The van der Waals surface area contributed by atoms with Crippen LogP contribution in [0.2, 0.25) is 0 Å². The van der Waals surface area contributed by atoms with Gasteiger partial charge in [0.05, 0.1) is 0 Å². The van der Waals surface area contributed by atoms with Crippen molar-refractivity contribution < 1.29 is 4.79 Å². The van der Waals surface area contributed by atoms with E-state index in [9.17, 15) is 4.79 Å². The van der Waals surface area contributed by atoms with Gasteiger partial charge in [0, 0.05) is 12.8 Å². The first kappa shape index (κ1) is 10.9. The molecule has 0 N–H and O–H groups in total. The van der Waals surface area contributed by atoms with E-state index in [-0.39, 0.29) is 0 Å². The lowest BCUT2D eigenvalue weighted by Crippen LogP contribution is -2.24. The van der Waals surface area contributed by atoms with Crippen molar-refractivity contribution in [1.82, 2.24) is 0 Å². The molecule has 0 aromatic heterocycles. The van der Waals surface area contributed by atoms with Gasteiger partial charge in [-0.2, -0.15) is 0 Å². The van der Waals surface area contributed by atoms with Crippen LogP contribution in [-0.4, -0.2) is 5.78 Å². The molecule has 84 valence electrons. The molecule has 0 aliphatic heterocycles. The molecule has 2 aliphatic rings. The van der Waals surface area contributed by atoms with Crippen LogP contribution in [0.25, 0.3) is 0 Å². The minimum atomic E-state index is 0.292. The fraction of sp³-hybridized carbons (Fsp3) is 0.786. The molecular formula is C14H22O. The largest absolute Gasteiger partial charge is 0.299 e. The highest BCUT2D eigenvalue weighted by Crippen LogP contribution is 2.44. The van der Waals surface area contributed by atoms with Gasteiger partial charge in [0.1, 0.15) is 5.78 Å². The molecule has 1 nitrogen and oxygen atoms in total. The zero-order valence-electron chi connectivity index (χ0n) is 10.1. The van der Waals surface area contributed by atoms with Gasteiger partial charge in [0.15, 0.2) is 0 Å². The molecule has 2 aliphatic carbocycles. The van der Waals surface area contributed by atoms with E-state index in [2.05, 4.69) is 13.8 Å². The normalized spacial score (nSPS) is 26.9. The number of ketones is 1. The van der Waals surface area contributed by atoms with Gasteiger partial charge in [-0.05, 0) is 43.9 Å². The predicted molar refractivity (Wildman–Crippen MR) is 62.8 cm³/mol. The molecule has 15 heavy (non-hydrogen) atoms. The Bertz CT molecular complexity index is 296. The van der Waals surface area contributed by atoms with Crippen LogP contribution in [0.1, 0.15) is 65.2 Å². The Labute approximate surface area is 92.9 Å². The van der Waals surface area contributed by atoms with E-state index in [1.165, 1.54) is 37.7 Å². The van der Waals surface area contributed by atoms with E-state index in [0.29, 0.717) is 11.2 Å². The summed E-state index contributed by atoms with van der Waals surface area (Å²) >= 11 is 0. The van der Waals surface area contributed by atoms with Crippen LogP contribution in [0.3, 0.4) is 0 Å². The first-order valence-electron chi connectivity index (χ1n) is 6.33. The summed E-state index contributed by atoms with van der Waals surface area (Å²) in [7, 11) is 0. The molecule has 1 heteroatoms. The molecule has 0 atom stereocenters. The number of allylic oxidation sites excluding steroid dienone is 2. The summed E-state index contributed by atoms with van der Waals surface area (Å²) in [4.78, 5) is 11.7. The van der Waals surface area contributed by atoms with Gasteiger partial charge < -0.3 is 0 Å². The Morgan fingerprint density at radius 2 is 1.67 bits per heavy atom. The monoisotopic (exact) mass is 206 g/mol. The Balaban J connectivity index is 2.30. The molecule has 0 amide bonds. The second-order valence-electron chi connectivity index (χ2n) is 5.74. The SMILES string of the molecule is CC1(C)CCCC2=C1CC(=O)CCCC2. The highest BCUT2D eigenvalue weighted by atomic mass is 16.1. The molecule has 0 heterocycles. The van der Waals surface area contributed by atoms with Crippen molar-refractivity contribution in [3.8, 4) is 0 Å². The number of Topliss-reactive ketones (excluding diaryl/α,β-unsaturated/α-hetero) is 1. The quantitative estimate of drug-likeness (QED) is 0.547. The highest BCUT2D eigenvalue weighted by Gasteiger charge is 2.31. The predicted octanol–water partition coefficient (Wildman–Crippen LogP) is 4.03. The van der Waals surface area contributed by atoms with E-state index in [1.807, 2.05) is 0 Å². The Hall–Kier alpha value is -0.590. The Kier molecular flexibility index (Phi) is 2.99. The van der Waals surface area contributed by atoms with Gasteiger partial charge in [-0.1, -0.05) is 25.0 Å². The number of carbonyl (C=O) groups is 1. The second-order valence-corrected chi connectivity index (χ2v) is 5.74. The summed E-state index contributed by atoms with van der Waals surface area (Å²) in [5.74, 6) is 0.470. The van der Waals surface area contributed by atoms with Crippen LogP contribution in [0.5, 0.6) is 0 Å². The van der Waals surface area contributed by atoms with Crippen molar-refractivity contribution in [2.45, 2.75) is 65.2 Å². The third-order valence-electron chi connectivity index (χ3n) is 4.08. The molecule has 0 bridgehead atoms. The molecule has 0 unspecified atom stereocenters. The maximum absolute atomic E-state index is 11.7. The number of carbonyl (C=O) groups excluding carboxylic acids is 1. The summed E-state index contributed by atoms with van der Waals surface area (Å²) in [6, 6.07) is 0. The van der Waals surface area contributed by atoms with Crippen molar-refractivity contribution in [2.24, 2.45) is 5.41 Å². The van der Waals surface area contributed by atoms with Crippen LogP contribution in [0.15, 0.2) is 11.1 Å². The fourth-order valence-corrected chi connectivity index (χ4v) is 3.11. The number of hydrogen-bond donors (Lipinski definition) is 0. The van der Waals surface area contributed by atoms with E-state index in [4.69, 9.17) is 0 Å². The van der Waals surface area contributed by atoms with Gasteiger partial charge in [-0.25, -0.2) is 0 Å². The third kappa shape index (κ3) is 2.32. The molecule has 0 aromatic rings. The summed E-state index contributed by atoms with van der Waals surface area (Å²) < 4.78 is 0. The molecule has 0 radical (unpaired) electrons. The van der Waals surface area contributed by atoms with Crippen LogP contribution < -0.4 is 0 Å². The van der Waals surface area contributed by atoms with Crippen LogP contribution in [0, 0.1) is 5.41 Å². The fourth-order valence-electron chi connectivity index (χ4n) is 3.11. The van der Waals surface area contributed by atoms with Crippen molar-refractivity contribution >= 4 is 5.78 Å². The Morgan fingerprint density at radius 1 is 1.00 bits per heavy atom. The zero-order valence-corrected chi connectivity index (χ0v) is 10.1. The minimum Gasteiger partial charge on any atom is -0.299 e. The smallest absolute Gasteiger partial charge is 0.136 e. The maximum atomic E-state index is 11.7. The average molecular weight is 206 g/mol. The lowest BCUT2D eigenvalue weighted by atomic mass is 9.69. The van der Waals surface area contributed by atoms with Crippen LogP contribution in [-0.2, 0) is 4.79 Å². The lowest BCUT2D eigenvalue weighted by molar-refractivity contribution is -0.118. The van der Waals surface area contributed by atoms with Crippen molar-refractivity contribution in [3.05, 3.63) is 11.1 Å². The summed E-state index contributed by atoms with van der Waals surface area (Å²) in [6.45, 7) is 4.63.